The van der Waals surface area contributed by atoms with Crippen LogP contribution in [0.4, 0.5) is 0 Å². The monoisotopic (exact) mass is 124 g/mol. The second kappa shape index (κ2) is 2.49. The highest BCUT2D eigenvalue weighted by Crippen LogP contribution is 2.30. The van der Waals surface area contributed by atoms with E-state index in [0.717, 1.165) is 12.8 Å². The number of nitriles is 1. The predicted molar refractivity (Wildman–Crippen MR) is 32.8 cm³/mol. The molecule has 0 N–H and O–H groups in total. The molecule has 1 saturated carbocycles. The Labute approximate surface area is 54.0 Å². The second-order valence-electron chi connectivity index (χ2n) is 2.03. The maximum Gasteiger partial charge on any atom is 0.208 e. The smallest absolute Gasteiger partial charge is 0.208 e. The highest BCUT2D eigenvalue weighted by molar-refractivity contribution is 5.81. The fourth-order valence-corrected chi connectivity index (χ4v) is 0.683. The van der Waals surface area contributed by atoms with Crippen LogP contribution < -0.4 is 0 Å². The first-order chi connectivity index (χ1) is 4.38. The number of rotatable bonds is 1. The van der Waals surface area contributed by atoms with Gasteiger partial charge < -0.3 is 4.74 Å². The van der Waals surface area contributed by atoms with E-state index in [9.17, 15) is 0 Å². The van der Waals surface area contributed by atoms with Crippen LogP contribution in [-0.4, -0.2) is 13.0 Å². The van der Waals surface area contributed by atoms with Gasteiger partial charge in [0.25, 0.3) is 0 Å². The Morgan fingerprint density at radius 2 is 2.44 bits per heavy atom. The molecule has 0 bridgehead atoms. The third kappa shape index (κ3) is 1.43. The zero-order valence-corrected chi connectivity index (χ0v) is 5.29. The van der Waals surface area contributed by atoms with Crippen molar-refractivity contribution in [3.63, 3.8) is 0 Å². The third-order valence-corrected chi connectivity index (χ3v) is 1.30. The Bertz CT molecular complexity index is 164. The van der Waals surface area contributed by atoms with E-state index in [-0.39, 0.29) is 0 Å². The predicted octanol–water partition coefficient (Wildman–Crippen LogP) is 0.922. The van der Waals surface area contributed by atoms with E-state index < -0.39 is 0 Å². The average Bonchev–Trinajstić information content (AvgIpc) is 2.64. The van der Waals surface area contributed by atoms with Crippen molar-refractivity contribution < 1.29 is 4.74 Å². The van der Waals surface area contributed by atoms with Gasteiger partial charge in [-0.1, -0.05) is 0 Å². The summed E-state index contributed by atoms with van der Waals surface area (Å²) in [6.45, 7) is 0. The topological polar surface area (TPSA) is 45.4 Å². The summed E-state index contributed by atoms with van der Waals surface area (Å²) in [4.78, 5) is 3.50. The van der Waals surface area contributed by atoms with E-state index >= 15 is 0 Å². The lowest BCUT2D eigenvalue weighted by Gasteiger charge is -1.96. The lowest BCUT2D eigenvalue weighted by Crippen LogP contribution is -2.02. The van der Waals surface area contributed by atoms with Crippen molar-refractivity contribution in [1.82, 2.24) is 0 Å². The van der Waals surface area contributed by atoms with Gasteiger partial charge in [0, 0.05) is 5.92 Å². The van der Waals surface area contributed by atoms with Gasteiger partial charge in [0.2, 0.25) is 12.1 Å². The molecule has 3 nitrogen and oxygen atoms in total. The molecule has 1 aliphatic rings. The van der Waals surface area contributed by atoms with Crippen molar-refractivity contribution in [3.05, 3.63) is 0 Å². The molecule has 0 aliphatic heterocycles. The molecule has 0 unspecified atom stereocenters. The van der Waals surface area contributed by atoms with Crippen LogP contribution in [0, 0.1) is 17.4 Å². The lowest BCUT2D eigenvalue weighted by molar-refractivity contribution is 0.387. The molecule has 0 aromatic rings. The van der Waals surface area contributed by atoms with Crippen molar-refractivity contribution >= 4 is 5.90 Å². The quantitative estimate of drug-likeness (QED) is 0.296. The normalized spacial score (nSPS) is 18.9. The molecule has 3 heteroatoms. The molecule has 1 fully saturated rings. The van der Waals surface area contributed by atoms with Gasteiger partial charge >= 0.3 is 0 Å². The van der Waals surface area contributed by atoms with Crippen LogP contribution in [0.5, 0.6) is 0 Å². The summed E-state index contributed by atoms with van der Waals surface area (Å²) in [5, 5.41) is 8.13. The zero-order valence-electron chi connectivity index (χ0n) is 5.29. The molecule has 0 heterocycles. The molecule has 0 saturated heterocycles. The molecular formula is C6H8N2O. The molecule has 0 radical (unpaired) electrons. The van der Waals surface area contributed by atoms with Crippen LogP contribution in [0.3, 0.4) is 0 Å². The molecule has 0 spiro atoms. The van der Waals surface area contributed by atoms with Gasteiger partial charge in [0.05, 0.1) is 7.11 Å². The van der Waals surface area contributed by atoms with Crippen molar-refractivity contribution in [2.24, 2.45) is 10.9 Å². The summed E-state index contributed by atoms with van der Waals surface area (Å²) < 4.78 is 4.84. The first-order valence-electron chi connectivity index (χ1n) is 2.89. The Morgan fingerprint density at radius 3 is 2.78 bits per heavy atom. The van der Waals surface area contributed by atoms with Crippen LogP contribution in [0.15, 0.2) is 4.99 Å². The molecule has 0 atom stereocenters. The number of hydrogen-bond donors (Lipinski definition) is 0. The first kappa shape index (κ1) is 6.09. The summed E-state index contributed by atoms with van der Waals surface area (Å²) in [7, 11) is 1.55. The molecule has 9 heavy (non-hydrogen) atoms. The van der Waals surface area contributed by atoms with E-state index in [1.54, 1.807) is 13.3 Å². The maximum atomic E-state index is 8.13. The number of aliphatic imine (C=N–C) groups is 1. The van der Waals surface area contributed by atoms with E-state index in [1.807, 2.05) is 0 Å². The summed E-state index contributed by atoms with van der Waals surface area (Å²) in [6.07, 6.45) is 3.94. The third-order valence-electron chi connectivity index (χ3n) is 1.30. The summed E-state index contributed by atoms with van der Waals surface area (Å²) in [5.41, 5.74) is 0. The molecule has 1 rings (SSSR count). The van der Waals surface area contributed by atoms with Crippen molar-refractivity contribution in [2.75, 3.05) is 7.11 Å². The summed E-state index contributed by atoms with van der Waals surface area (Å²) in [6, 6.07) is 0. The largest absolute Gasteiger partial charge is 0.483 e. The van der Waals surface area contributed by atoms with E-state index in [4.69, 9.17) is 10.00 Å². The number of ether oxygens (including phenoxy) is 1. The van der Waals surface area contributed by atoms with Gasteiger partial charge in [-0.15, -0.1) is 4.99 Å². The lowest BCUT2D eigenvalue weighted by atomic mass is 10.4. The van der Waals surface area contributed by atoms with Gasteiger partial charge in [-0.25, -0.2) is 0 Å². The Balaban J connectivity index is 2.49. The first-order valence-corrected chi connectivity index (χ1v) is 2.89. The van der Waals surface area contributed by atoms with Crippen LogP contribution in [0.2, 0.25) is 0 Å². The molecular weight excluding hydrogens is 116 g/mol. The standard InChI is InChI=1S/C6H8N2O/c1-9-6(8-4-7)5-2-3-5/h5H,2-3H2,1H3. The van der Waals surface area contributed by atoms with Gasteiger partial charge in [0.1, 0.15) is 0 Å². The Morgan fingerprint density at radius 1 is 1.78 bits per heavy atom. The summed E-state index contributed by atoms with van der Waals surface area (Å²) in [5.74, 6) is 1.03. The van der Waals surface area contributed by atoms with Crippen LogP contribution >= 0.6 is 0 Å². The second-order valence-corrected chi connectivity index (χ2v) is 2.03. The SMILES string of the molecule is COC(=NC#N)C1CC1. The van der Waals surface area contributed by atoms with E-state index in [1.165, 1.54) is 0 Å². The maximum absolute atomic E-state index is 8.13. The highest BCUT2D eigenvalue weighted by Gasteiger charge is 2.28. The van der Waals surface area contributed by atoms with E-state index in [2.05, 4.69) is 4.99 Å². The van der Waals surface area contributed by atoms with E-state index in [0.29, 0.717) is 11.8 Å². The van der Waals surface area contributed by atoms with Crippen LogP contribution in [-0.2, 0) is 4.74 Å². The van der Waals surface area contributed by atoms with Crippen molar-refractivity contribution in [1.29, 1.82) is 5.26 Å². The van der Waals surface area contributed by atoms with Gasteiger partial charge in [-0.2, -0.15) is 5.26 Å². The molecule has 0 aromatic heterocycles. The number of methoxy groups -OCH3 is 1. The average molecular weight is 124 g/mol. The molecule has 0 amide bonds. The summed E-state index contributed by atoms with van der Waals surface area (Å²) >= 11 is 0. The van der Waals surface area contributed by atoms with Gasteiger partial charge in [-0.3, -0.25) is 0 Å². The van der Waals surface area contributed by atoms with Gasteiger partial charge in [-0.05, 0) is 12.8 Å². The van der Waals surface area contributed by atoms with Gasteiger partial charge in [0.15, 0.2) is 0 Å². The number of nitrogens with zero attached hydrogens (tertiary/aromatic N) is 2. The minimum Gasteiger partial charge on any atom is -0.483 e. The van der Waals surface area contributed by atoms with Crippen LogP contribution in [0.25, 0.3) is 0 Å². The zero-order chi connectivity index (χ0) is 6.69. The molecule has 0 aromatic carbocycles. The minimum atomic E-state index is 0.439. The van der Waals surface area contributed by atoms with Crippen LogP contribution in [0.1, 0.15) is 12.8 Å². The fourth-order valence-electron chi connectivity index (χ4n) is 0.683. The highest BCUT2D eigenvalue weighted by atomic mass is 16.5. The fraction of sp³-hybridized carbons (Fsp3) is 0.667. The minimum absolute atomic E-state index is 0.439. The Kier molecular flexibility index (Phi) is 1.69. The Hall–Kier alpha value is -1.04. The molecule has 1 aliphatic carbocycles. The number of hydrogen-bond acceptors (Lipinski definition) is 3. The van der Waals surface area contributed by atoms with Crippen molar-refractivity contribution in [2.45, 2.75) is 12.8 Å². The van der Waals surface area contributed by atoms with Crippen molar-refractivity contribution in [3.8, 4) is 6.19 Å². The molecule has 48 valence electrons.